The molecule has 0 amide bonds. The minimum Gasteiger partial charge on any atom is -0.307 e. The number of fused-ring (bicyclic) bond motifs is 2. The van der Waals surface area contributed by atoms with Gasteiger partial charge >= 0.3 is 0 Å². The van der Waals surface area contributed by atoms with Crippen molar-refractivity contribution in [2.45, 2.75) is 17.8 Å². The fourth-order valence-electron chi connectivity index (χ4n) is 3.43. The summed E-state index contributed by atoms with van der Waals surface area (Å²) in [4.78, 5) is 22.8. The number of rotatable bonds is 4. The van der Waals surface area contributed by atoms with Gasteiger partial charge in [0, 0.05) is 18.1 Å². The largest absolute Gasteiger partial charge is 0.307 e. The summed E-state index contributed by atoms with van der Waals surface area (Å²) in [5.41, 5.74) is 4.49. The molecule has 0 atom stereocenters. The van der Waals surface area contributed by atoms with Gasteiger partial charge in [0.15, 0.2) is 5.16 Å². The average molecular weight is 398 g/mol. The van der Waals surface area contributed by atoms with E-state index in [0.717, 1.165) is 22.6 Å². The molecule has 0 aliphatic heterocycles. The number of imidazole rings is 1. The minimum absolute atomic E-state index is 0.0601. The van der Waals surface area contributed by atoms with E-state index in [9.17, 15) is 4.79 Å². The molecule has 2 aromatic carbocycles. The first-order valence-electron chi connectivity index (χ1n) is 9.34. The van der Waals surface area contributed by atoms with Crippen molar-refractivity contribution < 1.29 is 0 Å². The Morgan fingerprint density at radius 3 is 2.55 bits per heavy atom. The minimum atomic E-state index is -0.0601. The Morgan fingerprint density at radius 2 is 1.72 bits per heavy atom. The second-order valence-electron chi connectivity index (χ2n) is 6.83. The van der Waals surface area contributed by atoms with Crippen LogP contribution in [0.1, 0.15) is 11.3 Å². The summed E-state index contributed by atoms with van der Waals surface area (Å²) in [7, 11) is 0. The van der Waals surface area contributed by atoms with Crippen LogP contribution in [0.3, 0.4) is 0 Å². The molecule has 142 valence electrons. The van der Waals surface area contributed by atoms with E-state index in [1.807, 2.05) is 77.5 Å². The van der Waals surface area contributed by atoms with Gasteiger partial charge in [0.2, 0.25) is 0 Å². The number of para-hydroxylation sites is 2. The standard InChI is InChI=1S/C23H18N4OS/c1-16-8-7-13-26-14-17(24-21(16)26)15-29-23-25-20-12-6-5-11-19(20)22(28)27(23)18-9-3-2-4-10-18/h2-14H,15H2,1H3. The van der Waals surface area contributed by atoms with Gasteiger partial charge in [0.05, 0.1) is 22.3 Å². The molecule has 6 heteroatoms. The second-order valence-corrected chi connectivity index (χ2v) is 7.77. The van der Waals surface area contributed by atoms with Crippen molar-refractivity contribution in [3.05, 3.63) is 101 Å². The second kappa shape index (κ2) is 7.22. The summed E-state index contributed by atoms with van der Waals surface area (Å²) < 4.78 is 3.72. The maximum Gasteiger partial charge on any atom is 0.266 e. The highest BCUT2D eigenvalue weighted by atomic mass is 32.2. The number of nitrogens with zero attached hydrogens (tertiary/aromatic N) is 4. The summed E-state index contributed by atoms with van der Waals surface area (Å²) in [6.45, 7) is 2.05. The Balaban J connectivity index is 1.59. The van der Waals surface area contributed by atoms with Crippen LogP contribution in [0, 0.1) is 6.92 Å². The maximum atomic E-state index is 13.2. The summed E-state index contributed by atoms with van der Waals surface area (Å²) >= 11 is 1.52. The van der Waals surface area contributed by atoms with E-state index < -0.39 is 0 Å². The molecule has 3 aromatic heterocycles. The number of aryl methyl sites for hydroxylation is 1. The number of hydrogen-bond donors (Lipinski definition) is 0. The zero-order valence-corrected chi connectivity index (χ0v) is 16.6. The van der Waals surface area contributed by atoms with Crippen LogP contribution in [-0.4, -0.2) is 18.9 Å². The fourth-order valence-corrected chi connectivity index (χ4v) is 4.32. The van der Waals surface area contributed by atoms with Crippen LogP contribution < -0.4 is 5.56 Å². The molecule has 0 N–H and O–H groups in total. The molecule has 0 fully saturated rings. The molecule has 0 aliphatic carbocycles. The van der Waals surface area contributed by atoms with Gasteiger partial charge in [-0.2, -0.15) is 0 Å². The lowest BCUT2D eigenvalue weighted by molar-refractivity contribution is 0.819. The molecule has 5 rings (SSSR count). The average Bonchev–Trinajstić information content (AvgIpc) is 3.18. The Hall–Kier alpha value is -3.38. The predicted octanol–water partition coefficient (Wildman–Crippen LogP) is 4.63. The van der Waals surface area contributed by atoms with Crippen LogP contribution in [-0.2, 0) is 5.75 Å². The van der Waals surface area contributed by atoms with E-state index >= 15 is 0 Å². The highest BCUT2D eigenvalue weighted by Crippen LogP contribution is 2.25. The number of pyridine rings is 1. The molecule has 0 bridgehead atoms. The van der Waals surface area contributed by atoms with Crippen molar-refractivity contribution >= 4 is 28.3 Å². The highest BCUT2D eigenvalue weighted by molar-refractivity contribution is 7.98. The zero-order valence-electron chi connectivity index (χ0n) is 15.8. The first-order chi connectivity index (χ1) is 14.2. The molecule has 0 spiro atoms. The van der Waals surface area contributed by atoms with Gasteiger partial charge in [-0.05, 0) is 42.8 Å². The molecule has 0 saturated heterocycles. The molecule has 3 heterocycles. The van der Waals surface area contributed by atoms with Gasteiger partial charge in [0.25, 0.3) is 5.56 Å². The fraction of sp³-hybridized carbons (Fsp3) is 0.0870. The van der Waals surface area contributed by atoms with Crippen molar-refractivity contribution in [2.75, 3.05) is 0 Å². The lowest BCUT2D eigenvalue weighted by Gasteiger charge is -2.12. The maximum absolute atomic E-state index is 13.2. The van der Waals surface area contributed by atoms with Crippen molar-refractivity contribution in [2.24, 2.45) is 0 Å². The van der Waals surface area contributed by atoms with E-state index in [0.29, 0.717) is 21.8 Å². The van der Waals surface area contributed by atoms with Crippen molar-refractivity contribution in [1.29, 1.82) is 0 Å². The van der Waals surface area contributed by atoms with Gasteiger partial charge in [-0.1, -0.05) is 48.2 Å². The van der Waals surface area contributed by atoms with E-state index in [2.05, 4.69) is 13.0 Å². The first kappa shape index (κ1) is 17.7. The van der Waals surface area contributed by atoms with Crippen LogP contribution in [0.4, 0.5) is 0 Å². The first-order valence-corrected chi connectivity index (χ1v) is 10.3. The lowest BCUT2D eigenvalue weighted by Crippen LogP contribution is -2.21. The smallest absolute Gasteiger partial charge is 0.266 e. The topological polar surface area (TPSA) is 52.2 Å². The number of benzene rings is 2. The van der Waals surface area contributed by atoms with Gasteiger partial charge in [0.1, 0.15) is 5.65 Å². The summed E-state index contributed by atoms with van der Waals surface area (Å²) in [6.07, 6.45) is 4.03. The Bertz CT molecular complexity index is 1390. The summed E-state index contributed by atoms with van der Waals surface area (Å²) in [6, 6.07) is 21.2. The van der Waals surface area contributed by atoms with E-state index in [1.165, 1.54) is 11.8 Å². The van der Waals surface area contributed by atoms with E-state index in [4.69, 9.17) is 9.97 Å². The molecule has 0 aliphatic rings. The number of hydrogen-bond acceptors (Lipinski definition) is 4. The Labute approximate surface area is 171 Å². The molecular weight excluding hydrogens is 380 g/mol. The SMILES string of the molecule is Cc1cccn2cc(CSc3nc4ccccc4c(=O)n3-c3ccccc3)nc12. The normalized spacial score (nSPS) is 11.3. The third kappa shape index (κ3) is 3.21. The monoisotopic (exact) mass is 398 g/mol. The van der Waals surface area contributed by atoms with Gasteiger partial charge in [-0.3, -0.25) is 9.36 Å². The van der Waals surface area contributed by atoms with E-state index in [-0.39, 0.29) is 5.56 Å². The van der Waals surface area contributed by atoms with Crippen LogP contribution in [0.2, 0.25) is 0 Å². The van der Waals surface area contributed by atoms with Crippen molar-refractivity contribution in [3.63, 3.8) is 0 Å². The van der Waals surface area contributed by atoms with E-state index in [1.54, 1.807) is 4.57 Å². The van der Waals surface area contributed by atoms with Crippen molar-refractivity contribution in [1.82, 2.24) is 18.9 Å². The third-order valence-electron chi connectivity index (χ3n) is 4.84. The van der Waals surface area contributed by atoms with Crippen LogP contribution in [0.25, 0.3) is 22.2 Å². The van der Waals surface area contributed by atoms with Crippen molar-refractivity contribution in [3.8, 4) is 5.69 Å². The quantitative estimate of drug-likeness (QED) is 0.327. The van der Waals surface area contributed by atoms with Crippen LogP contribution in [0.15, 0.2) is 89.1 Å². The molecule has 0 saturated carbocycles. The van der Waals surface area contributed by atoms with Crippen LogP contribution >= 0.6 is 11.8 Å². The Kier molecular flexibility index (Phi) is 4.41. The molecule has 5 aromatic rings. The third-order valence-corrected chi connectivity index (χ3v) is 5.81. The molecule has 0 unspecified atom stereocenters. The lowest BCUT2D eigenvalue weighted by atomic mass is 10.2. The number of thioether (sulfide) groups is 1. The van der Waals surface area contributed by atoms with Gasteiger partial charge in [-0.15, -0.1) is 0 Å². The molecule has 29 heavy (non-hydrogen) atoms. The van der Waals surface area contributed by atoms with Crippen LogP contribution in [0.5, 0.6) is 0 Å². The predicted molar refractivity (Wildman–Crippen MR) is 117 cm³/mol. The number of aromatic nitrogens is 4. The van der Waals surface area contributed by atoms with Gasteiger partial charge in [-0.25, -0.2) is 9.97 Å². The Morgan fingerprint density at radius 1 is 0.931 bits per heavy atom. The zero-order chi connectivity index (χ0) is 19.8. The summed E-state index contributed by atoms with van der Waals surface area (Å²) in [5, 5.41) is 1.28. The molecular formula is C23H18N4OS. The summed E-state index contributed by atoms with van der Waals surface area (Å²) in [5.74, 6) is 0.624. The molecule has 0 radical (unpaired) electrons. The highest BCUT2D eigenvalue weighted by Gasteiger charge is 2.14. The van der Waals surface area contributed by atoms with Gasteiger partial charge < -0.3 is 4.40 Å². The molecule has 5 nitrogen and oxygen atoms in total.